The molecule has 0 aliphatic carbocycles. The lowest BCUT2D eigenvalue weighted by Gasteiger charge is -2.14. The van der Waals surface area contributed by atoms with Crippen molar-refractivity contribution in [3.8, 4) is 34.3 Å². The highest BCUT2D eigenvalue weighted by atomic mass is 16.6. The number of methoxy groups -OCH3 is 3. The summed E-state index contributed by atoms with van der Waals surface area (Å²) in [5.74, 6) is 0.745. The smallest absolute Gasteiger partial charge is 0.343 e. The molecule has 1 aromatic heterocycles. The van der Waals surface area contributed by atoms with Crippen LogP contribution in [0.15, 0.2) is 69.9 Å². The number of nitro benzene ring substituents is 1. The van der Waals surface area contributed by atoms with E-state index in [9.17, 15) is 19.7 Å². The summed E-state index contributed by atoms with van der Waals surface area (Å²) in [6.45, 7) is 0. The van der Waals surface area contributed by atoms with Gasteiger partial charge >= 0.3 is 5.97 Å². The van der Waals surface area contributed by atoms with Crippen LogP contribution in [0.5, 0.6) is 23.0 Å². The number of ether oxygens (including phenoxy) is 4. The Labute approximate surface area is 198 Å². The highest BCUT2D eigenvalue weighted by Gasteiger charge is 2.18. The fraction of sp³-hybridized carbons (Fsp3) is 0.120. The van der Waals surface area contributed by atoms with Gasteiger partial charge in [0.05, 0.1) is 37.2 Å². The van der Waals surface area contributed by atoms with E-state index in [4.69, 9.17) is 23.4 Å². The Balaban J connectivity index is 1.68. The molecule has 0 saturated heterocycles. The summed E-state index contributed by atoms with van der Waals surface area (Å²) in [6.07, 6.45) is 0. The molecule has 0 saturated carbocycles. The van der Waals surface area contributed by atoms with E-state index in [1.54, 1.807) is 12.1 Å². The van der Waals surface area contributed by atoms with Gasteiger partial charge in [-0.15, -0.1) is 0 Å². The van der Waals surface area contributed by atoms with Gasteiger partial charge in [0.2, 0.25) is 5.75 Å². The first-order valence-electron chi connectivity index (χ1n) is 10.2. The van der Waals surface area contributed by atoms with E-state index in [0.29, 0.717) is 22.8 Å². The predicted molar refractivity (Wildman–Crippen MR) is 126 cm³/mol. The van der Waals surface area contributed by atoms with Gasteiger partial charge in [-0.3, -0.25) is 14.9 Å². The number of non-ortho nitro benzene ring substituents is 1. The molecular weight excluding hydrogens is 458 g/mol. The Kier molecular flexibility index (Phi) is 6.36. The molecule has 0 aliphatic heterocycles. The van der Waals surface area contributed by atoms with E-state index in [0.717, 1.165) is 6.07 Å². The second kappa shape index (κ2) is 9.56. The number of benzene rings is 3. The summed E-state index contributed by atoms with van der Waals surface area (Å²) in [5.41, 5.74) is 0.182. The quantitative estimate of drug-likeness (QED) is 0.162. The average molecular weight is 477 g/mol. The van der Waals surface area contributed by atoms with E-state index in [2.05, 4.69) is 0 Å². The summed E-state index contributed by atoms with van der Waals surface area (Å²) in [7, 11) is 4.45. The Hall–Kier alpha value is -4.86. The van der Waals surface area contributed by atoms with Crippen LogP contribution in [-0.2, 0) is 0 Å². The van der Waals surface area contributed by atoms with Crippen molar-refractivity contribution in [2.75, 3.05) is 21.3 Å². The van der Waals surface area contributed by atoms with Gasteiger partial charge in [0.25, 0.3) is 5.69 Å². The molecular formula is C25H19NO9. The number of hydrogen-bond acceptors (Lipinski definition) is 9. The molecule has 0 bridgehead atoms. The number of hydrogen-bond donors (Lipinski definition) is 0. The van der Waals surface area contributed by atoms with E-state index in [1.807, 2.05) is 0 Å². The third-order valence-electron chi connectivity index (χ3n) is 5.15. The molecule has 1 heterocycles. The van der Waals surface area contributed by atoms with Crippen LogP contribution < -0.4 is 24.4 Å². The Morgan fingerprint density at radius 2 is 1.63 bits per heavy atom. The van der Waals surface area contributed by atoms with Crippen molar-refractivity contribution in [1.82, 2.24) is 0 Å². The van der Waals surface area contributed by atoms with Crippen LogP contribution in [0, 0.1) is 10.1 Å². The van der Waals surface area contributed by atoms with E-state index in [1.165, 1.54) is 63.8 Å². The number of nitrogens with zero attached hydrogens (tertiary/aromatic N) is 1. The molecule has 0 atom stereocenters. The molecule has 0 amide bonds. The highest BCUT2D eigenvalue weighted by molar-refractivity contribution is 5.92. The first-order valence-corrected chi connectivity index (χ1v) is 10.2. The minimum Gasteiger partial charge on any atom is -0.493 e. The second-order valence-corrected chi connectivity index (χ2v) is 7.24. The lowest BCUT2D eigenvalue weighted by molar-refractivity contribution is -0.384. The third kappa shape index (κ3) is 4.62. The summed E-state index contributed by atoms with van der Waals surface area (Å²) < 4.78 is 27.3. The van der Waals surface area contributed by atoms with Gasteiger partial charge in [0.1, 0.15) is 17.1 Å². The molecule has 0 fully saturated rings. The molecule has 4 aromatic rings. The molecule has 0 aliphatic rings. The van der Waals surface area contributed by atoms with Gasteiger partial charge in [0, 0.05) is 23.8 Å². The molecule has 0 spiro atoms. The Bertz CT molecular complexity index is 1480. The largest absolute Gasteiger partial charge is 0.493 e. The van der Waals surface area contributed by atoms with Crippen molar-refractivity contribution in [3.05, 3.63) is 86.6 Å². The first-order chi connectivity index (χ1) is 16.8. The standard InChI is InChI=1S/C25H19NO9/c1-31-22-10-15(11-23(32-2)24(22)33-3)21-13-19(27)18-12-17(7-8-20(18)35-21)34-25(28)14-5-4-6-16(9-14)26(29)30/h4-13H,1-3H3. The first kappa shape index (κ1) is 23.3. The molecule has 4 rings (SSSR count). The predicted octanol–water partition coefficient (Wildman–Crippen LogP) is 4.61. The van der Waals surface area contributed by atoms with Gasteiger partial charge in [-0.25, -0.2) is 4.79 Å². The number of esters is 1. The molecule has 0 radical (unpaired) electrons. The van der Waals surface area contributed by atoms with Gasteiger partial charge in [-0.2, -0.15) is 0 Å². The van der Waals surface area contributed by atoms with Crippen molar-refractivity contribution < 1.29 is 33.1 Å². The van der Waals surface area contributed by atoms with Crippen LogP contribution in [0.25, 0.3) is 22.3 Å². The second-order valence-electron chi connectivity index (χ2n) is 7.24. The van der Waals surface area contributed by atoms with Crippen LogP contribution in [0.1, 0.15) is 10.4 Å². The molecule has 10 heteroatoms. The highest BCUT2D eigenvalue weighted by Crippen LogP contribution is 2.41. The van der Waals surface area contributed by atoms with Gasteiger partial charge in [-0.05, 0) is 36.4 Å². The number of carbonyl (C=O) groups is 1. The monoisotopic (exact) mass is 477 g/mol. The number of rotatable bonds is 7. The van der Waals surface area contributed by atoms with Crippen LogP contribution in [0.2, 0.25) is 0 Å². The zero-order chi connectivity index (χ0) is 25.1. The number of fused-ring (bicyclic) bond motifs is 1. The van der Waals surface area contributed by atoms with Crippen LogP contribution in [-0.4, -0.2) is 32.2 Å². The molecule has 0 N–H and O–H groups in total. The minimum absolute atomic E-state index is 0.00378. The van der Waals surface area contributed by atoms with Crippen molar-refractivity contribution in [1.29, 1.82) is 0 Å². The van der Waals surface area contributed by atoms with Crippen LogP contribution in [0.4, 0.5) is 5.69 Å². The third-order valence-corrected chi connectivity index (χ3v) is 5.15. The number of nitro groups is 1. The van der Waals surface area contributed by atoms with Gasteiger partial charge < -0.3 is 23.4 Å². The van der Waals surface area contributed by atoms with Crippen LogP contribution >= 0.6 is 0 Å². The normalized spacial score (nSPS) is 10.6. The van der Waals surface area contributed by atoms with Crippen molar-refractivity contribution >= 4 is 22.6 Å². The summed E-state index contributed by atoms with van der Waals surface area (Å²) in [6, 6.07) is 14.1. The maximum absolute atomic E-state index is 12.9. The van der Waals surface area contributed by atoms with Crippen molar-refractivity contribution in [2.45, 2.75) is 0 Å². The molecule has 10 nitrogen and oxygen atoms in total. The summed E-state index contributed by atoms with van der Waals surface area (Å²) in [4.78, 5) is 35.6. The molecule has 3 aromatic carbocycles. The maximum atomic E-state index is 12.9. The minimum atomic E-state index is -0.800. The fourth-order valence-corrected chi connectivity index (χ4v) is 3.48. The molecule has 178 valence electrons. The fourth-order valence-electron chi connectivity index (χ4n) is 3.48. The lowest BCUT2D eigenvalue weighted by atomic mass is 10.1. The lowest BCUT2D eigenvalue weighted by Crippen LogP contribution is -2.09. The summed E-state index contributed by atoms with van der Waals surface area (Å²) >= 11 is 0. The van der Waals surface area contributed by atoms with Crippen molar-refractivity contribution in [2.24, 2.45) is 0 Å². The van der Waals surface area contributed by atoms with E-state index in [-0.39, 0.29) is 39.2 Å². The zero-order valence-corrected chi connectivity index (χ0v) is 18.9. The molecule has 35 heavy (non-hydrogen) atoms. The van der Waals surface area contributed by atoms with Crippen molar-refractivity contribution in [3.63, 3.8) is 0 Å². The van der Waals surface area contributed by atoms with E-state index < -0.39 is 10.9 Å². The Morgan fingerprint density at radius 1 is 0.914 bits per heavy atom. The number of carbonyl (C=O) groups excluding carboxylic acids is 1. The topological polar surface area (TPSA) is 127 Å². The maximum Gasteiger partial charge on any atom is 0.343 e. The zero-order valence-electron chi connectivity index (χ0n) is 18.9. The average Bonchev–Trinajstić information content (AvgIpc) is 2.87. The van der Waals surface area contributed by atoms with Gasteiger partial charge in [0.15, 0.2) is 16.9 Å². The molecule has 0 unspecified atom stereocenters. The Morgan fingerprint density at radius 3 is 2.26 bits per heavy atom. The van der Waals surface area contributed by atoms with Crippen LogP contribution in [0.3, 0.4) is 0 Å². The van der Waals surface area contributed by atoms with E-state index >= 15 is 0 Å². The summed E-state index contributed by atoms with van der Waals surface area (Å²) in [5, 5.41) is 11.1. The SMILES string of the molecule is COc1cc(-c2cc(=O)c3cc(OC(=O)c4cccc([N+](=O)[O-])c4)ccc3o2)cc(OC)c1OC. The van der Waals surface area contributed by atoms with Gasteiger partial charge in [-0.1, -0.05) is 6.07 Å².